The second-order valence-electron chi connectivity index (χ2n) is 8.51. The fourth-order valence-electron chi connectivity index (χ4n) is 4.14. The monoisotopic (exact) mass is 450 g/mol. The van der Waals surface area contributed by atoms with Gasteiger partial charge in [-0.1, -0.05) is 30.3 Å². The fraction of sp³-hybridized carbons (Fsp3) is 0.400. The van der Waals surface area contributed by atoms with Gasteiger partial charge < -0.3 is 25.6 Å². The van der Waals surface area contributed by atoms with Crippen LogP contribution in [-0.4, -0.2) is 55.1 Å². The summed E-state index contributed by atoms with van der Waals surface area (Å²) in [4.78, 5) is 38.8. The lowest BCUT2D eigenvalue weighted by molar-refractivity contribution is -0.128. The molecular weight excluding hydrogens is 420 g/mol. The first-order valence-electron chi connectivity index (χ1n) is 11.5. The van der Waals surface area contributed by atoms with Crippen LogP contribution in [0.2, 0.25) is 0 Å². The van der Waals surface area contributed by atoms with Gasteiger partial charge in [-0.2, -0.15) is 0 Å². The summed E-state index contributed by atoms with van der Waals surface area (Å²) in [5.41, 5.74) is 2.42. The van der Waals surface area contributed by atoms with Gasteiger partial charge in [0.15, 0.2) is 0 Å². The number of amides is 4. The molecular formula is C25H30N4O4. The molecule has 8 heteroatoms. The Morgan fingerprint density at radius 1 is 1.00 bits per heavy atom. The van der Waals surface area contributed by atoms with Crippen molar-refractivity contribution < 1.29 is 19.1 Å². The number of hydrogen-bond donors (Lipinski definition) is 3. The molecule has 2 aromatic carbocycles. The number of benzene rings is 2. The molecule has 4 rings (SSSR count). The quantitative estimate of drug-likeness (QED) is 0.576. The molecule has 3 N–H and O–H groups in total. The molecule has 174 valence electrons. The van der Waals surface area contributed by atoms with Gasteiger partial charge in [0.1, 0.15) is 0 Å². The van der Waals surface area contributed by atoms with Crippen molar-refractivity contribution in [3.8, 4) is 0 Å². The average Bonchev–Trinajstić information content (AvgIpc) is 3.48. The van der Waals surface area contributed by atoms with Crippen LogP contribution in [0.3, 0.4) is 0 Å². The molecule has 2 unspecified atom stereocenters. The Morgan fingerprint density at radius 3 is 2.42 bits per heavy atom. The maximum atomic E-state index is 12.7. The minimum atomic E-state index is -0.366. The Kier molecular flexibility index (Phi) is 7.57. The SMILES string of the molecule is O=C(NCC1CCCO1)Nc1ccc(NC(=O)C2CC(=O)N(CCc3ccccc3)C2)cc1. The highest BCUT2D eigenvalue weighted by atomic mass is 16.5. The molecule has 0 radical (unpaired) electrons. The average molecular weight is 451 g/mol. The summed E-state index contributed by atoms with van der Waals surface area (Å²) >= 11 is 0. The highest BCUT2D eigenvalue weighted by Gasteiger charge is 2.34. The lowest BCUT2D eigenvalue weighted by Crippen LogP contribution is -2.35. The second-order valence-corrected chi connectivity index (χ2v) is 8.51. The van der Waals surface area contributed by atoms with Crippen LogP contribution in [0, 0.1) is 5.92 Å². The summed E-state index contributed by atoms with van der Waals surface area (Å²) in [5, 5.41) is 8.45. The maximum Gasteiger partial charge on any atom is 0.319 e. The zero-order valence-electron chi connectivity index (χ0n) is 18.6. The minimum Gasteiger partial charge on any atom is -0.376 e. The van der Waals surface area contributed by atoms with Gasteiger partial charge in [-0.3, -0.25) is 9.59 Å². The van der Waals surface area contributed by atoms with E-state index >= 15 is 0 Å². The van der Waals surface area contributed by atoms with Gasteiger partial charge in [-0.05, 0) is 49.1 Å². The number of anilines is 2. The standard InChI is InChI=1S/C25H30N4O4/c30-23-15-19(17-29(23)13-12-18-5-2-1-3-6-18)24(31)27-20-8-10-21(11-9-20)28-25(32)26-16-22-7-4-14-33-22/h1-3,5-6,8-11,19,22H,4,7,12-17H2,(H,27,31)(H2,26,28,32). The Morgan fingerprint density at radius 2 is 1.73 bits per heavy atom. The number of nitrogens with zero attached hydrogens (tertiary/aromatic N) is 1. The van der Waals surface area contributed by atoms with Crippen molar-refractivity contribution >= 4 is 29.2 Å². The molecule has 0 spiro atoms. The normalized spacial score (nSPS) is 20.0. The third-order valence-electron chi connectivity index (χ3n) is 6.02. The molecule has 2 aliphatic heterocycles. The van der Waals surface area contributed by atoms with Gasteiger partial charge in [-0.25, -0.2) is 4.79 Å². The van der Waals surface area contributed by atoms with Crippen molar-refractivity contribution in [2.75, 3.05) is 36.9 Å². The molecule has 0 saturated carbocycles. The van der Waals surface area contributed by atoms with E-state index in [1.807, 2.05) is 30.3 Å². The van der Waals surface area contributed by atoms with Crippen molar-refractivity contribution in [1.29, 1.82) is 0 Å². The van der Waals surface area contributed by atoms with Crippen LogP contribution >= 0.6 is 0 Å². The van der Waals surface area contributed by atoms with Crippen LogP contribution in [0.1, 0.15) is 24.8 Å². The van der Waals surface area contributed by atoms with Gasteiger partial charge in [0.25, 0.3) is 0 Å². The molecule has 2 saturated heterocycles. The summed E-state index contributed by atoms with van der Waals surface area (Å²) in [6, 6.07) is 16.6. The predicted molar refractivity (Wildman–Crippen MR) is 126 cm³/mol. The zero-order chi connectivity index (χ0) is 23.0. The first-order chi connectivity index (χ1) is 16.1. The number of urea groups is 1. The smallest absolute Gasteiger partial charge is 0.319 e. The fourth-order valence-corrected chi connectivity index (χ4v) is 4.14. The highest BCUT2D eigenvalue weighted by molar-refractivity contribution is 5.97. The van der Waals surface area contributed by atoms with Crippen molar-refractivity contribution in [3.63, 3.8) is 0 Å². The Balaban J connectivity index is 1.21. The van der Waals surface area contributed by atoms with E-state index in [0.29, 0.717) is 31.0 Å². The van der Waals surface area contributed by atoms with Gasteiger partial charge in [0.05, 0.1) is 12.0 Å². The predicted octanol–water partition coefficient (Wildman–Crippen LogP) is 3.02. The second kappa shape index (κ2) is 11.0. The van der Waals surface area contributed by atoms with E-state index < -0.39 is 0 Å². The summed E-state index contributed by atoms with van der Waals surface area (Å²) in [6.07, 6.45) is 3.08. The van der Waals surface area contributed by atoms with Crippen molar-refractivity contribution in [2.45, 2.75) is 31.8 Å². The first-order valence-corrected chi connectivity index (χ1v) is 11.5. The summed E-state index contributed by atoms with van der Waals surface area (Å²) in [5.74, 6) is -0.519. The molecule has 2 aliphatic rings. The largest absolute Gasteiger partial charge is 0.376 e. The number of nitrogens with one attached hydrogen (secondary N) is 3. The highest BCUT2D eigenvalue weighted by Crippen LogP contribution is 2.21. The van der Waals surface area contributed by atoms with Crippen LogP contribution in [0.15, 0.2) is 54.6 Å². The van der Waals surface area contributed by atoms with Crippen LogP contribution in [0.4, 0.5) is 16.2 Å². The molecule has 2 atom stereocenters. The van der Waals surface area contributed by atoms with E-state index in [9.17, 15) is 14.4 Å². The molecule has 2 fully saturated rings. The summed E-state index contributed by atoms with van der Waals surface area (Å²) in [6.45, 7) is 2.29. The Bertz CT molecular complexity index is 958. The maximum absolute atomic E-state index is 12.7. The molecule has 0 aliphatic carbocycles. The van der Waals surface area contributed by atoms with E-state index in [1.165, 1.54) is 5.56 Å². The molecule has 0 bridgehead atoms. The van der Waals surface area contributed by atoms with Gasteiger partial charge in [0, 0.05) is 44.0 Å². The molecule has 2 aromatic rings. The lowest BCUT2D eigenvalue weighted by Gasteiger charge is -2.16. The van der Waals surface area contributed by atoms with E-state index in [1.54, 1.807) is 29.2 Å². The molecule has 8 nitrogen and oxygen atoms in total. The number of rotatable bonds is 8. The van der Waals surface area contributed by atoms with E-state index in [4.69, 9.17) is 4.74 Å². The van der Waals surface area contributed by atoms with Crippen molar-refractivity contribution in [2.24, 2.45) is 5.92 Å². The molecule has 2 heterocycles. The van der Waals surface area contributed by atoms with Gasteiger partial charge in [0.2, 0.25) is 11.8 Å². The minimum absolute atomic E-state index is 0.0136. The first kappa shape index (κ1) is 22.8. The topological polar surface area (TPSA) is 99.8 Å². The summed E-state index contributed by atoms with van der Waals surface area (Å²) in [7, 11) is 0. The van der Waals surface area contributed by atoms with Crippen LogP contribution in [-0.2, 0) is 20.7 Å². The van der Waals surface area contributed by atoms with Crippen LogP contribution in [0.5, 0.6) is 0 Å². The van der Waals surface area contributed by atoms with Gasteiger partial charge in [-0.15, -0.1) is 0 Å². The summed E-state index contributed by atoms with van der Waals surface area (Å²) < 4.78 is 5.49. The molecule has 4 amide bonds. The van der Waals surface area contributed by atoms with Gasteiger partial charge >= 0.3 is 6.03 Å². The number of ether oxygens (including phenoxy) is 1. The molecule has 0 aromatic heterocycles. The van der Waals surface area contributed by atoms with Crippen molar-refractivity contribution in [1.82, 2.24) is 10.2 Å². The number of likely N-dealkylation sites (tertiary alicyclic amines) is 1. The third kappa shape index (κ3) is 6.55. The van der Waals surface area contributed by atoms with Crippen LogP contribution in [0.25, 0.3) is 0 Å². The Hall–Kier alpha value is -3.39. The lowest BCUT2D eigenvalue weighted by atomic mass is 10.1. The number of hydrogen-bond acceptors (Lipinski definition) is 4. The number of carbonyl (C=O) groups excluding carboxylic acids is 3. The zero-order valence-corrected chi connectivity index (χ0v) is 18.6. The van der Waals surface area contributed by atoms with E-state index in [2.05, 4.69) is 16.0 Å². The van der Waals surface area contributed by atoms with E-state index in [-0.39, 0.29) is 36.3 Å². The van der Waals surface area contributed by atoms with Crippen molar-refractivity contribution in [3.05, 3.63) is 60.2 Å². The molecule has 33 heavy (non-hydrogen) atoms. The van der Waals surface area contributed by atoms with E-state index in [0.717, 1.165) is 25.9 Å². The van der Waals surface area contributed by atoms with Crippen LogP contribution < -0.4 is 16.0 Å². The Labute approximate surface area is 193 Å². The number of carbonyl (C=O) groups is 3. The third-order valence-corrected chi connectivity index (χ3v) is 6.02.